The van der Waals surface area contributed by atoms with Crippen molar-refractivity contribution in [1.29, 1.82) is 0 Å². The summed E-state index contributed by atoms with van der Waals surface area (Å²) < 4.78 is 64.0. The van der Waals surface area contributed by atoms with Gasteiger partial charge in [-0.05, 0) is 24.6 Å². The number of aliphatic hydroxyl groups excluding tert-OH is 1. The number of aliphatic hydroxyl groups is 1. The van der Waals surface area contributed by atoms with Gasteiger partial charge in [0.15, 0.2) is 0 Å². The van der Waals surface area contributed by atoms with Crippen LogP contribution in [0.3, 0.4) is 0 Å². The van der Waals surface area contributed by atoms with Crippen LogP contribution in [0.2, 0.25) is 0 Å². The first kappa shape index (κ1) is 18.9. The number of halogens is 3. The molecule has 1 aromatic carbocycles. The molecule has 0 aromatic heterocycles. The topological polar surface area (TPSA) is 57.6 Å². The Hall–Kier alpha value is -1.12. The van der Waals surface area contributed by atoms with Crippen LogP contribution < -0.4 is 0 Å². The summed E-state index contributed by atoms with van der Waals surface area (Å²) in [5.41, 5.74) is -1.01. The van der Waals surface area contributed by atoms with E-state index in [4.69, 9.17) is 5.11 Å². The fourth-order valence-electron chi connectivity index (χ4n) is 1.98. The van der Waals surface area contributed by atoms with Gasteiger partial charge in [-0.15, -0.1) is 0 Å². The van der Waals surface area contributed by atoms with Crippen molar-refractivity contribution in [2.75, 3.05) is 19.7 Å². The molecule has 0 fully saturated rings. The smallest absolute Gasteiger partial charge is 0.395 e. The number of benzene rings is 1. The lowest BCUT2D eigenvalue weighted by Gasteiger charge is -2.21. The summed E-state index contributed by atoms with van der Waals surface area (Å²) >= 11 is 0. The van der Waals surface area contributed by atoms with Crippen molar-refractivity contribution >= 4 is 10.0 Å². The molecule has 0 bridgehead atoms. The molecule has 0 amide bonds. The van der Waals surface area contributed by atoms with Crippen molar-refractivity contribution in [2.45, 2.75) is 37.3 Å². The van der Waals surface area contributed by atoms with Crippen LogP contribution in [0, 0.1) is 0 Å². The van der Waals surface area contributed by atoms with E-state index in [1.54, 1.807) is 0 Å². The molecule has 0 aliphatic heterocycles. The molecule has 0 aliphatic rings. The molecule has 0 saturated heterocycles. The first-order valence-corrected chi connectivity index (χ1v) is 8.45. The number of hydrogen-bond donors (Lipinski definition) is 1. The third-order valence-corrected chi connectivity index (χ3v) is 5.05. The van der Waals surface area contributed by atoms with Crippen LogP contribution in [-0.4, -0.2) is 37.5 Å². The zero-order valence-corrected chi connectivity index (χ0v) is 13.1. The van der Waals surface area contributed by atoms with Crippen LogP contribution in [0.1, 0.15) is 31.7 Å². The predicted molar refractivity (Wildman–Crippen MR) is 76.8 cm³/mol. The van der Waals surface area contributed by atoms with Gasteiger partial charge in [-0.25, -0.2) is 8.42 Å². The van der Waals surface area contributed by atoms with Crippen LogP contribution in [0.5, 0.6) is 0 Å². The standard InChI is InChI=1S/C14H20F3NO3S/c1-2-3-4-8-18(9-10-19)22(20,21)13-7-5-6-12(11-13)14(15,16)17/h5-7,11,19H,2-4,8-10H2,1H3. The quantitative estimate of drug-likeness (QED) is 0.741. The number of alkyl halides is 3. The van der Waals surface area contributed by atoms with Crippen LogP contribution in [0.4, 0.5) is 13.2 Å². The van der Waals surface area contributed by atoms with Gasteiger partial charge in [-0.2, -0.15) is 17.5 Å². The second-order valence-electron chi connectivity index (χ2n) is 4.86. The van der Waals surface area contributed by atoms with Crippen molar-refractivity contribution in [3.8, 4) is 0 Å². The minimum Gasteiger partial charge on any atom is -0.395 e. The van der Waals surface area contributed by atoms with Crippen LogP contribution in [0.15, 0.2) is 29.2 Å². The lowest BCUT2D eigenvalue weighted by atomic mass is 10.2. The van der Waals surface area contributed by atoms with E-state index in [1.807, 2.05) is 6.92 Å². The highest BCUT2D eigenvalue weighted by Crippen LogP contribution is 2.31. The van der Waals surface area contributed by atoms with Gasteiger partial charge in [0, 0.05) is 13.1 Å². The summed E-state index contributed by atoms with van der Waals surface area (Å²) in [5.74, 6) is 0. The van der Waals surface area contributed by atoms with E-state index >= 15 is 0 Å². The molecule has 1 N–H and O–H groups in total. The average molecular weight is 339 g/mol. The zero-order valence-electron chi connectivity index (χ0n) is 12.3. The van der Waals surface area contributed by atoms with Crippen molar-refractivity contribution in [3.63, 3.8) is 0 Å². The molecule has 8 heteroatoms. The van der Waals surface area contributed by atoms with Crippen LogP contribution in [-0.2, 0) is 16.2 Å². The number of unbranched alkanes of at least 4 members (excludes halogenated alkanes) is 2. The van der Waals surface area contributed by atoms with Gasteiger partial charge in [-0.3, -0.25) is 0 Å². The average Bonchev–Trinajstić information content (AvgIpc) is 2.46. The van der Waals surface area contributed by atoms with Crippen LogP contribution in [0.25, 0.3) is 0 Å². The summed E-state index contributed by atoms with van der Waals surface area (Å²) in [5, 5.41) is 9.00. The molecule has 1 aromatic rings. The summed E-state index contributed by atoms with van der Waals surface area (Å²) in [6.45, 7) is 1.61. The Balaban J connectivity index is 3.08. The van der Waals surface area contributed by atoms with Crippen LogP contribution >= 0.6 is 0 Å². The Labute approximate surface area is 128 Å². The Morgan fingerprint density at radius 3 is 2.41 bits per heavy atom. The fourth-order valence-corrected chi connectivity index (χ4v) is 3.50. The first-order valence-electron chi connectivity index (χ1n) is 7.01. The molecule has 0 radical (unpaired) electrons. The molecule has 126 valence electrons. The highest BCUT2D eigenvalue weighted by Gasteiger charge is 2.32. The van der Waals surface area contributed by atoms with Gasteiger partial charge in [0.2, 0.25) is 10.0 Å². The van der Waals surface area contributed by atoms with Gasteiger partial charge < -0.3 is 5.11 Å². The maximum atomic E-state index is 12.7. The highest BCUT2D eigenvalue weighted by molar-refractivity contribution is 7.89. The maximum Gasteiger partial charge on any atom is 0.416 e. The summed E-state index contributed by atoms with van der Waals surface area (Å²) in [6, 6.07) is 3.65. The molecule has 4 nitrogen and oxygen atoms in total. The van der Waals surface area contributed by atoms with Gasteiger partial charge in [0.1, 0.15) is 0 Å². The van der Waals surface area contributed by atoms with Gasteiger partial charge in [-0.1, -0.05) is 25.8 Å². The van der Waals surface area contributed by atoms with Crippen molar-refractivity contribution in [1.82, 2.24) is 4.31 Å². The number of sulfonamides is 1. The second-order valence-corrected chi connectivity index (χ2v) is 6.80. The van der Waals surface area contributed by atoms with Gasteiger partial charge in [0.05, 0.1) is 17.1 Å². The Bertz CT molecular complexity index is 573. The maximum absolute atomic E-state index is 12.7. The lowest BCUT2D eigenvalue weighted by molar-refractivity contribution is -0.137. The molecule has 0 spiro atoms. The Kier molecular flexibility index (Phi) is 6.83. The number of hydrogen-bond acceptors (Lipinski definition) is 3. The lowest BCUT2D eigenvalue weighted by Crippen LogP contribution is -2.34. The molecule has 0 unspecified atom stereocenters. The van der Waals surface area contributed by atoms with Gasteiger partial charge >= 0.3 is 6.18 Å². The SMILES string of the molecule is CCCCCN(CCO)S(=O)(=O)c1cccc(C(F)(F)F)c1. The number of nitrogens with zero attached hydrogens (tertiary/aromatic N) is 1. The molecule has 1 rings (SSSR count). The van der Waals surface area contributed by atoms with Crippen molar-refractivity contribution < 1.29 is 26.7 Å². The van der Waals surface area contributed by atoms with Crippen molar-refractivity contribution in [2.24, 2.45) is 0 Å². The summed E-state index contributed by atoms with van der Waals surface area (Å²) in [6.07, 6.45) is -2.32. The molecule has 0 heterocycles. The zero-order chi connectivity index (χ0) is 16.8. The van der Waals surface area contributed by atoms with E-state index in [-0.39, 0.29) is 19.7 Å². The Morgan fingerprint density at radius 2 is 1.86 bits per heavy atom. The third-order valence-electron chi connectivity index (χ3n) is 3.16. The largest absolute Gasteiger partial charge is 0.416 e. The fraction of sp³-hybridized carbons (Fsp3) is 0.571. The second kappa shape index (κ2) is 7.94. The first-order chi connectivity index (χ1) is 10.2. The van der Waals surface area contributed by atoms with Crippen molar-refractivity contribution in [3.05, 3.63) is 29.8 Å². The molecule has 0 saturated carbocycles. The summed E-state index contributed by atoms with van der Waals surface area (Å²) in [7, 11) is -4.05. The van der Waals surface area contributed by atoms with E-state index in [2.05, 4.69) is 0 Å². The van der Waals surface area contributed by atoms with E-state index < -0.39 is 26.7 Å². The molecular formula is C14H20F3NO3S. The predicted octanol–water partition coefficient (Wildman–Crippen LogP) is 2.88. The highest BCUT2D eigenvalue weighted by atomic mass is 32.2. The third kappa shape index (κ3) is 4.96. The summed E-state index contributed by atoms with van der Waals surface area (Å²) in [4.78, 5) is -0.410. The van der Waals surface area contributed by atoms with E-state index in [9.17, 15) is 21.6 Å². The number of rotatable bonds is 8. The van der Waals surface area contributed by atoms with E-state index in [0.29, 0.717) is 12.5 Å². The normalized spacial score (nSPS) is 12.8. The minimum atomic E-state index is -4.60. The monoisotopic (exact) mass is 339 g/mol. The molecule has 22 heavy (non-hydrogen) atoms. The molecule has 0 aliphatic carbocycles. The Morgan fingerprint density at radius 1 is 1.18 bits per heavy atom. The molecule has 0 atom stereocenters. The van der Waals surface area contributed by atoms with Gasteiger partial charge in [0.25, 0.3) is 0 Å². The molecular weight excluding hydrogens is 319 g/mol. The van der Waals surface area contributed by atoms with E-state index in [1.165, 1.54) is 0 Å². The minimum absolute atomic E-state index is 0.137. The van der Waals surface area contributed by atoms with E-state index in [0.717, 1.165) is 35.3 Å².